The summed E-state index contributed by atoms with van der Waals surface area (Å²) in [5.74, 6) is -0.367. The molecule has 1 amide bonds. The van der Waals surface area contributed by atoms with Gasteiger partial charge < -0.3 is 15.0 Å². The van der Waals surface area contributed by atoms with E-state index in [9.17, 15) is 18.0 Å². The summed E-state index contributed by atoms with van der Waals surface area (Å²) in [5, 5.41) is 3.07. The number of nitrogens with one attached hydrogen (secondary N) is 1. The maximum atomic E-state index is 13.0. The van der Waals surface area contributed by atoms with Gasteiger partial charge in [-0.3, -0.25) is 4.79 Å². The number of nitrogens with zero attached hydrogens (tertiary/aromatic N) is 2. The van der Waals surface area contributed by atoms with Crippen molar-refractivity contribution in [3.8, 4) is 5.88 Å². The quantitative estimate of drug-likeness (QED) is 0.813. The third-order valence-electron chi connectivity index (χ3n) is 5.04. The maximum Gasteiger partial charge on any atom is 0.421 e. The summed E-state index contributed by atoms with van der Waals surface area (Å²) < 4.78 is 44.4. The lowest BCUT2D eigenvalue weighted by molar-refractivity contribution is -0.139. The van der Waals surface area contributed by atoms with Crippen LogP contribution in [0.15, 0.2) is 18.3 Å². The van der Waals surface area contributed by atoms with E-state index in [1.54, 1.807) is 13.8 Å². The molecule has 5 nitrogen and oxygen atoms in total. The Bertz CT molecular complexity index is 649. The first kappa shape index (κ1) is 21.5. The Labute approximate surface area is 158 Å². The molecule has 27 heavy (non-hydrogen) atoms. The lowest BCUT2D eigenvalue weighted by atomic mass is 9.87. The van der Waals surface area contributed by atoms with Crippen molar-refractivity contribution in [1.29, 1.82) is 0 Å². The van der Waals surface area contributed by atoms with Gasteiger partial charge >= 0.3 is 6.18 Å². The van der Waals surface area contributed by atoms with Gasteiger partial charge in [-0.2, -0.15) is 13.2 Å². The van der Waals surface area contributed by atoms with Gasteiger partial charge in [0.05, 0.1) is 5.41 Å². The molecule has 0 spiro atoms. The highest BCUT2D eigenvalue weighted by Gasteiger charge is 2.37. The lowest BCUT2D eigenvalue weighted by Crippen LogP contribution is -2.53. The Kier molecular flexibility index (Phi) is 6.72. The average Bonchev–Trinajstić information content (AvgIpc) is 2.60. The van der Waals surface area contributed by atoms with E-state index in [-0.39, 0.29) is 18.6 Å². The number of hydrogen-bond acceptors (Lipinski definition) is 4. The van der Waals surface area contributed by atoms with Gasteiger partial charge in [-0.1, -0.05) is 13.3 Å². The molecule has 2 heterocycles. The first-order valence-electron chi connectivity index (χ1n) is 9.19. The van der Waals surface area contributed by atoms with E-state index in [0.717, 1.165) is 32.0 Å². The van der Waals surface area contributed by atoms with Crippen molar-refractivity contribution < 1.29 is 22.7 Å². The van der Waals surface area contributed by atoms with Crippen molar-refractivity contribution in [1.82, 2.24) is 15.2 Å². The molecule has 2 unspecified atom stereocenters. The second kappa shape index (κ2) is 8.46. The van der Waals surface area contributed by atoms with Gasteiger partial charge in [-0.05, 0) is 51.9 Å². The molecule has 1 fully saturated rings. The second-order valence-electron chi connectivity index (χ2n) is 7.83. The van der Waals surface area contributed by atoms with E-state index in [4.69, 9.17) is 4.74 Å². The maximum absolute atomic E-state index is 13.0. The molecule has 0 aliphatic carbocycles. The van der Waals surface area contributed by atoms with Crippen LogP contribution in [0.1, 0.15) is 39.2 Å². The predicted molar refractivity (Wildman–Crippen MR) is 96.3 cm³/mol. The van der Waals surface area contributed by atoms with Gasteiger partial charge in [0.15, 0.2) is 0 Å². The monoisotopic (exact) mass is 387 g/mol. The number of carbonyl (C=O) groups excluding carboxylic acids is 1. The van der Waals surface area contributed by atoms with Gasteiger partial charge in [0.1, 0.15) is 12.2 Å². The smallest absolute Gasteiger partial charge is 0.421 e. The van der Waals surface area contributed by atoms with Crippen LogP contribution in [-0.4, -0.2) is 48.6 Å². The van der Waals surface area contributed by atoms with Crippen molar-refractivity contribution in [2.24, 2.45) is 11.3 Å². The molecule has 0 saturated carbocycles. The third kappa shape index (κ3) is 5.57. The topological polar surface area (TPSA) is 54.5 Å². The Morgan fingerprint density at radius 2 is 2.11 bits per heavy atom. The summed E-state index contributed by atoms with van der Waals surface area (Å²) in [6, 6.07) is 2.19. The fourth-order valence-corrected chi connectivity index (χ4v) is 3.22. The van der Waals surface area contributed by atoms with E-state index < -0.39 is 23.0 Å². The third-order valence-corrected chi connectivity index (χ3v) is 5.04. The van der Waals surface area contributed by atoms with Crippen molar-refractivity contribution in [3.05, 3.63) is 23.9 Å². The molecule has 2 rings (SSSR count). The number of piperidine rings is 1. The average molecular weight is 387 g/mol. The van der Waals surface area contributed by atoms with Crippen LogP contribution in [0.5, 0.6) is 5.88 Å². The summed E-state index contributed by atoms with van der Waals surface area (Å²) in [6.45, 7) is 7.05. The molecule has 1 aromatic heterocycles. The molecule has 2 atom stereocenters. The molecule has 1 saturated heterocycles. The summed E-state index contributed by atoms with van der Waals surface area (Å²) in [7, 11) is 2.06. The molecule has 1 N–H and O–H groups in total. The van der Waals surface area contributed by atoms with Gasteiger partial charge in [-0.15, -0.1) is 0 Å². The molecular weight excluding hydrogens is 359 g/mol. The van der Waals surface area contributed by atoms with E-state index in [2.05, 4.69) is 29.2 Å². The number of carbonyl (C=O) groups is 1. The molecule has 0 radical (unpaired) electrons. The van der Waals surface area contributed by atoms with E-state index in [1.165, 1.54) is 12.3 Å². The van der Waals surface area contributed by atoms with Crippen molar-refractivity contribution in [2.45, 2.75) is 45.8 Å². The highest BCUT2D eigenvalue weighted by atomic mass is 19.4. The Morgan fingerprint density at radius 1 is 1.41 bits per heavy atom. The van der Waals surface area contributed by atoms with Gasteiger partial charge in [0.25, 0.3) is 0 Å². The van der Waals surface area contributed by atoms with Crippen molar-refractivity contribution >= 4 is 5.91 Å². The zero-order valence-corrected chi connectivity index (χ0v) is 16.3. The molecule has 1 aliphatic rings. The molecular formula is C19H28F3N3O2. The molecule has 1 aromatic rings. The van der Waals surface area contributed by atoms with Crippen LogP contribution >= 0.6 is 0 Å². The molecule has 8 heteroatoms. The number of alkyl halides is 3. The summed E-state index contributed by atoms with van der Waals surface area (Å²) >= 11 is 0. The summed E-state index contributed by atoms with van der Waals surface area (Å²) in [6.07, 6.45) is -1.51. The van der Waals surface area contributed by atoms with Gasteiger partial charge in [0.2, 0.25) is 11.8 Å². The second-order valence-corrected chi connectivity index (χ2v) is 7.83. The zero-order valence-electron chi connectivity index (χ0n) is 16.3. The number of rotatable bonds is 6. The minimum atomic E-state index is -4.56. The molecule has 1 aliphatic heterocycles. The lowest BCUT2D eigenvalue weighted by Gasteiger charge is -2.38. The number of ether oxygens (including phenoxy) is 1. The van der Waals surface area contributed by atoms with E-state index in [0.29, 0.717) is 5.92 Å². The van der Waals surface area contributed by atoms with Crippen molar-refractivity contribution in [2.75, 3.05) is 26.7 Å². The fraction of sp³-hybridized carbons (Fsp3) is 0.684. The number of likely N-dealkylation sites (tertiary alicyclic amines) is 1. The minimum absolute atomic E-state index is 0.0681. The standard InChI is InChI=1S/C19H28F3N3O2/c1-5-13-11-25(4)10-8-15(13)24-17(26)18(2,3)12-27-16-14(19(20,21)22)7-6-9-23-16/h6-7,9,13,15H,5,8,10-12H2,1-4H3,(H,24,26). The summed E-state index contributed by atoms with van der Waals surface area (Å²) in [5.41, 5.74) is -1.93. The highest BCUT2D eigenvalue weighted by molar-refractivity contribution is 5.82. The van der Waals surface area contributed by atoms with Crippen LogP contribution in [0.25, 0.3) is 0 Å². The van der Waals surface area contributed by atoms with Crippen LogP contribution in [0, 0.1) is 11.3 Å². The molecule has 152 valence electrons. The number of aromatic nitrogens is 1. The fourth-order valence-electron chi connectivity index (χ4n) is 3.22. The number of hydrogen-bond donors (Lipinski definition) is 1. The first-order chi connectivity index (χ1) is 12.5. The first-order valence-corrected chi connectivity index (χ1v) is 9.19. The van der Waals surface area contributed by atoms with Gasteiger partial charge in [0, 0.05) is 18.8 Å². The predicted octanol–water partition coefficient (Wildman–Crippen LogP) is 3.35. The molecule has 0 aromatic carbocycles. The van der Waals surface area contributed by atoms with Crippen LogP contribution in [0.4, 0.5) is 13.2 Å². The van der Waals surface area contributed by atoms with Crippen LogP contribution < -0.4 is 10.1 Å². The van der Waals surface area contributed by atoms with Crippen LogP contribution in [0.2, 0.25) is 0 Å². The largest absolute Gasteiger partial charge is 0.476 e. The van der Waals surface area contributed by atoms with Crippen LogP contribution in [-0.2, 0) is 11.0 Å². The Hall–Kier alpha value is -1.83. The number of halogens is 3. The summed E-state index contributed by atoms with van der Waals surface area (Å²) in [4.78, 5) is 18.7. The Balaban J connectivity index is 2.01. The number of pyridine rings is 1. The number of amides is 1. The minimum Gasteiger partial charge on any atom is -0.476 e. The normalized spacial score (nSPS) is 21.7. The van der Waals surface area contributed by atoms with E-state index >= 15 is 0 Å². The van der Waals surface area contributed by atoms with Gasteiger partial charge in [-0.25, -0.2) is 4.98 Å². The highest BCUT2D eigenvalue weighted by Crippen LogP contribution is 2.35. The van der Waals surface area contributed by atoms with E-state index in [1.807, 2.05) is 0 Å². The van der Waals surface area contributed by atoms with Crippen LogP contribution in [0.3, 0.4) is 0 Å². The van der Waals surface area contributed by atoms with Crippen molar-refractivity contribution in [3.63, 3.8) is 0 Å². The Morgan fingerprint density at radius 3 is 2.74 bits per heavy atom. The molecule has 0 bridgehead atoms. The zero-order chi connectivity index (χ0) is 20.2. The SMILES string of the molecule is CCC1CN(C)CCC1NC(=O)C(C)(C)COc1ncccc1C(F)(F)F.